The van der Waals surface area contributed by atoms with E-state index in [2.05, 4.69) is 146 Å². The number of benzene rings is 5. The molecule has 0 nitrogen and oxygen atoms in total. The van der Waals surface area contributed by atoms with Crippen LogP contribution in [0.4, 0.5) is 0 Å². The zero-order valence-electron chi connectivity index (χ0n) is 18.6. The minimum Gasteiger partial charge on any atom is -0.0622 e. The van der Waals surface area contributed by atoms with Crippen LogP contribution in [-0.4, -0.2) is 0 Å². The lowest BCUT2D eigenvalue weighted by atomic mass is 9.85. The standard InChI is InChI=1S/C33H26/c1-5-13-26(14-6-1)25-27-21-23-31(24-22-27)33(30-19-11-4-12-20-30)32(28-15-7-2-8-16-28)29-17-9-3-10-18-29/h1-24H,25H2. The summed E-state index contributed by atoms with van der Waals surface area (Å²) in [6.07, 6.45) is 0.940. The SMILES string of the molecule is c1ccc(Cc2ccc(C(=C(c3ccccc3)c3ccccc3)c3ccccc3)cc2)cc1. The Morgan fingerprint density at radius 2 is 0.606 bits per heavy atom. The summed E-state index contributed by atoms with van der Waals surface area (Å²) in [5, 5.41) is 0. The first kappa shape index (κ1) is 20.7. The third-order valence-electron chi connectivity index (χ3n) is 5.93. The van der Waals surface area contributed by atoms with E-state index in [1.54, 1.807) is 0 Å². The minimum absolute atomic E-state index is 0.940. The highest BCUT2D eigenvalue weighted by Gasteiger charge is 2.15. The second kappa shape index (κ2) is 9.97. The topological polar surface area (TPSA) is 0 Å². The fourth-order valence-corrected chi connectivity index (χ4v) is 4.35. The number of hydrogen-bond acceptors (Lipinski definition) is 0. The van der Waals surface area contributed by atoms with E-state index >= 15 is 0 Å². The van der Waals surface area contributed by atoms with Crippen LogP contribution in [0.3, 0.4) is 0 Å². The van der Waals surface area contributed by atoms with E-state index in [4.69, 9.17) is 0 Å². The normalized spacial score (nSPS) is 10.5. The van der Waals surface area contributed by atoms with Crippen molar-refractivity contribution in [2.24, 2.45) is 0 Å². The second-order valence-corrected chi connectivity index (χ2v) is 8.21. The molecule has 0 aliphatic heterocycles. The zero-order valence-corrected chi connectivity index (χ0v) is 18.6. The van der Waals surface area contributed by atoms with Gasteiger partial charge in [0.05, 0.1) is 0 Å². The van der Waals surface area contributed by atoms with E-state index in [0.29, 0.717) is 0 Å². The van der Waals surface area contributed by atoms with E-state index in [1.165, 1.54) is 44.5 Å². The Morgan fingerprint density at radius 3 is 1.00 bits per heavy atom. The van der Waals surface area contributed by atoms with E-state index in [0.717, 1.165) is 6.42 Å². The summed E-state index contributed by atoms with van der Waals surface area (Å²) in [6.45, 7) is 0. The van der Waals surface area contributed by atoms with Gasteiger partial charge in [0.2, 0.25) is 0 Å². The third kappa shape index (κ3) is 4.86. The fourth-order valence-electron chi connectivity index (χ4n) is 4.35. The van der Waals surface area contributed by atoms with Crippen molar-refractivity contribution < 1.29 is 0 Å². The highest BCUT2D eigenvalue weighted by molar-refractivity contribution is 6.04. The van der Waals surface area contributed by atoms with Crippen molar-refractivity contribution in [1.29, 1.82) is 0 Å². The first-order chi connectivity index (χ1) is 16.4. The van der Waals surface area contributed by atoms with Gasteiger partial charge in [0.25, 0.3) is 0 Å². The molecule has 0 heteroatoms. The van der Waals surface area contributed by atoms with Crippen molar-refractivity contribution >= 4 is 11.1 Å². The van der Waals surface area contributed by atoms with Gasteiger partial charge in [0, 0.05) is 0 Å². The molecule has 0 atom stereocenters. The van der Waals surface area contributed by atoms with Gasteiger partial charge in [0.15, 0.2) is 0 Å². The van der Waals surface area contributed by atoms with Crippen LogP contribution in [0.1, 0.15) is 33.4 Å². The lowest BCUT2D eigenvalue weighted by Gasteiger charge is -2.18. The predicted octanol–water partition coefficient (Wildman–Crippen LogP) is 8.28. The molecule has 0 fully saturated rings. The van der Waals surface area contributed by atoms with Crippen LogP contribution in [0.2, 0.25) is 0 Å². The minimum atomic E-state index is 0.940. The average Bonchev–Trinajstić information content (AvgIpc) is 2.90. The molecule has 0 aliphatic carbocycles. The molecule has 0 aliphatic rings. The summed E-state index contributed by atoms with van der Waals surface area (Å²) in [5.41, 5.74) is 10.0. The molecular weight excluding hydrogens is 396 g/mol. The Kier molecular flexibility index (Phi) is 6.26. The fraction of sp³-hybridized carbons (Fsp3) is 0.0303. The molecule has 0 saturated heterocycles. The molecule has 0 unspecified atom stereocenters. The monoisotopic (exact) mass is 422 g/mol. The molecule has 0 aromatic heterocycles. The molecular formula is C33H26. The maximum atomic E-state index is 2.27. The Morgan fingerprint density at radius 1 is 0.303 bits per heavy atom. The van der Waals surface area contributed by atoms with Crippen LogP contribution < -0.4 is 0 Å². The summed E-state index contributed by atoms with van der Waals surface area (Å²) in [5.74, 6) is 0. The summed E-state index contributed by atoms with van der Waals surface area (Å²) in [7, 11) is 0. The van der Waals surface area contributed by atoms with Gasteiger partial charge >= 0.3 is 0 Å². The molecule has 5 aromatic carbocycles. The summed E-state index contributed by atoms with van der Waals surface area (Å²) < 4.78 is 0. The summed E-state index contributed by atoms with van der Waals surface area (Å²) in [4.78, 5) is 0. The smallest absolute Gasteiger partial charge is 0.00258 e. The van der Waals surface area contributed by atoms with Crippen molar-refractivity contribution in [3.05, 3.63) is 179 Å². The Bertz CT molecular complexity index is 1270. The molecule has 0 spiro atoms. The van der Waals surface area contributed by atoms with Crippen LogP contribution in [0.15, 0.2) is 146 Å². The highest BCUT2D eigenvalue weighted by Crippen LogP contribution is 2.36. The van der Waals surface area contributed by atoms with Crippen molar-refractivity contribution in [2.45, 2.75) is 6.42 Å². The summed E-state index contributed by atoms with van der Waals surface area (Å²) in [6, 6.07) is 51.9. The lowest BCUT2D eigenvalue weighted by Crippen LogP contribution is -1.98. The highest BCUT2D eigenvalue weighted by atomic mass is 14.2. The molecule has 5 aromatic rings. The molecule has 0 amide bonds. The second-order valence-electron chi connectivity index (χ2n) is 8.21. The van der Waals surface area contributed by atoms with Crippen LogP contribution in [0.25, 0.3) is 11.1 Å². The largest absolute Gasteiger partial charge is 0.0622 e. The van der Waals surface area contributed by atoms with Gasteiger partial charge in [-0.1, -0.05) is 146 Å². The first-order valence-electron chi connectivity index (χ1n) is 11.4. The van der Waals surface area contributed by atoms with Crippen molar-refractivity contribution in [3.63, 3.8) is 0 Å². The molecule has 33 heavy (non-hydrogen) atoms. The molecule has 0 heterocycles. The molecule has 0 radical (unpaired) electrons. The van der Waals surface area contributed by atoms with Gasteiger partial charge < -0.3 is 0 Å². The molecule has 0 N–H and O–H groups in total. The zero-order chi connectivity index (χ0) is 22.3. The van der Waals surface area contributed by atoms with E-state index in [9.17, 15) is 0 Å². The van der Waals surface area contributed by atoms with Gasteiger partial charge in [-0.15, -0.1) is 0 Å². The predicted molar refractivity (Wildman–Crippen MR) is 140 cm³/mol. The summed E-state index contributed by atoms with van der Waals surface area (Å²) >= 11 is 0. The van der Waals surface area contributed by atoms with Crippen molar-refractivity contribution in [2.75, 3.05) is 0 Å². The molecule has 0 saturated carbocycles. The van der Waals surface area contributed by atoms with Gasteiger partial charge in [-0.3, -0.25) is 0 Å². The van der Waals surface area contributed by atoms with Gasteiger partial charge in [-0.2, -0.15) is 0 Å². The Hall–Kier alpha value is -4.16. The van der Waals surface area contributed by atoms with Gasteiger partial charge in [-0.25, -0.2) is 0 Å². The lowest BCUT2D eigenvalue weighted by molar-refractivity contribution is 1.19. The van der Waals surface area contributed by atoms with Crippen LogP contribution in [-0.2, 0) is 6.42 Å². The van der Waals surface area contributed by atoms with Crippen LogP contribution in [0.5, 0.6) is 0 Å². The quantitative estimate of drug-likeness (QED) is 0.241. The molecule has 158 valence electrons. The molecule has 0 bridgehead atoms. The average molecular weight is 423 g/mol. The van der Waals surface area contributed by atoms with Crippen LogP contribution in [0, 0.1) is 0 Å². The number of rotatable bonds is 6. The van der Waals surface area contributed by atoms with Crippen molar-refractivity contribution in [1.82, 2.24) is 0 Å². The molecule has 5 rings (SSSR count). The Balaban J connectivity index is 1.68. The van der Waals surface area contributed by atoms with E-state index in [1.807, 2.05) is 0 Å². The van der Waals surface area contributed by atoms with Gasteiger partial charge in [0.1, 0.15) is 0 Å². The first-order valence-corrected chi connectivity index (χ1v) is 11.4. The Labute approximate surface area is 196 Å². The van der Waals surface area contributed by atoms with E-state index < -0.39 is 0 Å². The van der Waals surface area contributed by atoms with Crippen LogP contribution >= 0.6 is 0 Å². The third-order valence-corrected chi connectivity index (χ3v) is 5.93. The van der Waals surface area contributed by atoms with Gasteiger partial charge in [-0.05, 0) is 50.9 Å². The number of hydrogen-bond donors (Lipinski definition) is 0. The maximum Gasteiger partial charge on any atom is -0.00258 e. The maximum absolute atomic E-state index is 2.27. The van der Waals surface area contributed by atoms with Crippen molar-refractivity contribution in [3.8, 4) is 0 Å². The van der Waals surface area contributed by atoms with E-state index in [-0.39, 0.29) is 0 Å².